The average molecular weight is 391 g/mol. The van der Waals surface area contributed by atoms with Gasteiger partial charge in [0.05, 0.1) is 11.8 Å². The number of ketones is 1. The fraction of sp³-hybridized carbons (Fsp3) is 0.913. The van der Waals surface area contributed by atoms with Crippen LogP contribution in [0.25, 0.3) is 0 Å². The summed E-state index contributed by atoms with van der Waals surface area (Å²) in [5, 5.41) is 4.40. The van der Waals surface area contributed by atoms with Gasteiger partial charge in [-0.25, -0.2) is 0 Å². The highest BCUT2D eigenvalue weighted by molar-refractivity contribution is 5.87. The molecule has 0 aromatic heterocycles. The maximum Gasteiger partial charge on any atom is 0.139 e. The number of oxime groups is 1. The molecule has 0 amide bonds. The van der Waals surface area contributed by atoms with E-state index in [1.807, 2.05) is 0 Å². The van der Waals surface area contributed by atoms with Crippen LogP contribution < -0.4 is 5.73 Å². The van der Waals surface area contributed by atoms with Crippen LogP contribution in [0.15, 0.2) is 5.16 Å². The third kappa shape index (κ3) is 3.13. The fourth-order valence-electron chi connectivity index (χ4n) is 7.51. The first kappa shape index (κ1) is 20.3. The summed E-state index contributed by atoms with van der Waals surface area (Å²) in [6, 6.07) is 0. The molecule has 0 bridgehead atoms. The number of hydrogen-bond acceptors (Lipinski definition) is 5. The first-order valence-corrected chi connectivity index (χ1v) is 11.5. The van der Waals surface area contributed by atoms with Crippen molar-refractivity contribution in [2.45, 2.75) is 78.2 Å². The topological polar surface area (TPSA) is 73.9 Å². The van der Waals surface area contributed by atoms with E-state index in [0.29, 0.717) is 42.6 Å². The predicted octanol–water partition coefficient (Wildman–Crippen LogP) is 3.94. The van der Waals surface area contributed by atoms with Crippen molar-refractivity contribution in [1.29, 1.82) is 0 Å². The summed E-state index contributed by atoms with van der Waals surface area (Å²) in [7, 11) is 0. The highest BCUT2D eigenvalue weighted by Crippen LogP contribution is 2.65. The maximum atomic E-state index is 12.7. The van der Waals surface area contributed by atoms with Gasteiger partial charge in [-0.05, 0) is 81.0 Å². The normalized spacial score (nSPS) is 46.8. The first-order valence-electron chi connectivity index (χ1n) is 11.5. The summed E-state index contributed by atoms with van der Waals surface area (Å²) in [5.41, 5.74) is 6.92. The lowest BCUT2D eigenvalue weighted by Gasteiger charge is -2.61. The van der Waals surface area contributed by atoms with Gasteiger partial charge in [-0.1, -0.05) is 19.0 Å². The monoisotopic (exact) mass is 390 g/mol. The summed E-state index contributed by atoms with van der Waals surface area (Å²) in [5.74, 6) is 2.93. The zero-order chi connectivity index (χ0) is 19.9. The molecule has 4 saturated carbocycles. The number of carbonyl (C=O) groups excluding carboxylic acids is 1. The Morgan fingerprint density at radius 2 is 1.96 bits per heavy atom. The molecule has 4 aliphatic carbocycles. The molecule has 0 aromatic carbocycles. The number of Topliss-reactive ketones (excluding diaryl/α,β-unsaturated/α-hetero) is 1. The van der Waals surface area contributed by atoms with Crippen LogP contribution in [-0.2, 0) is 14.4 Å². The molecular weight excluding hydrogens is 352 g/mol. The molecular formula is C23H38N2O3. The van der Waals surface area contributed by atoms with Gasteiger partial charge in [0, 0.05) is 25.0 Å². The number of ether oxygens (including phenoxy) is 1. The molecule has 5 nitrogen and oxygen atoms in total. The van der Waals surface area contributed by atoms with Gasteiger partial charge in [-0.15, -0.1) is 0 Å². The number of rotatable bonds is 5. The van der Waals surface area contributed by atoms with Gasteiger partial charge in [0.1, 0.15) is 12.4 Å². The average Bonchev–Trinajstić information content (AvgIpc) is 2.98. The van der Waals surface area contributed by atoms with Crippen molar-refractivity contribution in [3.63, 3.8) is 0 Å². The molecule has 0 radical (unpaired) electrons. The smallest absolute Gasteiger partial charge is 0.139 e. The van der Waals surface area contributed by atoms with E-state index in [-0.39, 0.29) is 16.9 Å². The molecule has 7 atom stereocenters. The SMILES string of the molecule is CCO[C@H]1C[C@@H]2[C@H](CC[C@]3(C)C(=O)CC[C@@H]23)[C@@]2(C)CC/C(=N\OCCN)C[C@H]12. The Balaban J connectivity index is 1.60. The summed E-state index contributed by atoms with van der Waals surface area (Å²) in [6.07, 6.45) is 8.71. The van der Waals surface area contributed by atoms with E-state index in [1.165, 1.54) is 12.1 Å². The van der Waals surface area contributed by atoms with Crippen LogP contribution in [0.1, 0.15) is 72.1 Å². The van der Waals surface area contributed by atoms with Crippen molar-refractivity contribution in [3.05, 3.63) is 0 Å². The third-order valence-corrected chi connectivity index (χ3v) is 8.98. The Bertz CT molecular complexity index is 635. The van der Waals surface area contributed by atoms with Gasteiger partial charge in [0.15, 0.2) is 0 Å². The van der Waals surface area contributed by atoms with E-state index in [1.54, 1.807) is 0 Å². The van der Waals surface area contributed by atoms with Crippen molar-refractivity contribution in [1.82, 2.24) is 0 Å². The molecule has 0 unspecified atom stereocenters. The van der Waals surface area contributed by atoms with Crippen molar-refractivity contribution in [2.75, 3.05) is 19.8 Å². The molecule has 2 N–H and O–H groups in total. The van der Waals surface area contributed by atoms with Crippen LogP contribution in [-0.4, -0.2) is 37.4 Å². The van der Waals surface area contributed by atoms with Gasteiger partial charge in [-0.3, -0.25) is 4.79 Å². The van der Waals surface area contributed by atoms with E-state index >= 15 is 0 Å². The van der Waals surface area contributed by atoms with Crippen LogP contribution in [0.4, 0.5) is 0 Å². The highest BCUT2D eigenvalue weighted by atomic mass is 16.6. The first-order chi connectivity index (χ1) is 13.4. The number of nitrogens with zero attached hydrogens (tertiary/aromatic N) is 1. The minimum Gasteiger partial charge on any atom is -0.395 e. The largest absolute Gasteiger partial charge is 0.395 e. The van der Waals surface area contributed by atoms with Gasteiger partial charge in [-0.2, -0.15) is 0 Å². The second-order valence-electron chi connectivity index (χ2n) is 10.1. The van der Waals surface area contributed by atoms with Crippen LogP contribution in [0.2, 0.25) is 0 Å². The standard InChI is InChI=1S/C23H38N2O3/c1-4-27-20-14-16-17-5-6-21(26)23(17,3)10-8-18(16)22(2)9-7-15(13-19(20)22)25-28-12-11-24/h16-20H,4-14,24H2,1-3H3/b25-15+/t16-,17-,18-,19+,20-,22+,23-/m0/s1. The van der Waals surface area contributed by atoms with Crippen LogP contribution in [0.5, 0.6) is 0 Å². The lowest BCUT2D eigenvalue weighted by Crippen LogP contribution is -2.58. The summed E-state index contributed by atoms with van der Waals surface area (Å²) >= 11 is 0. The Morgan fingerprint density at radius 1 is 1.14 bits per heavy atom. The lowest BCUT2D eigenvalue weighted by molar-refractivity contribution is -0.163. The van der Waals surface area contributed by atoms with E-state index < -0.39 is 0 Å². The second-order valence-corrected chi connectivity index (χ2v) is 10.1. The zero-order valence-electron chi connectivity index (χ0n) is 17.9. The lowest BCUT2D eigenvalue weighted by atomic mass is 9.44. The van der Waals surface area contributed by atoms with E-state index in [2.05, 4.69) is 25.9 Å². The van der Waals surface area contributed by atoms with Crippen LogP contribution >= 0.6 is 0 Å². The molecule has 158 valence electrons. The Labute approximate surface area is 169 Å². The minimum atomic E-state index is -0.0710. The fourth-order valence-corrected chi connectivity index (χ4v) is 7.51. The number of nitrogens with two attached hydrogens (primary N) is 1. The van der Waals surface area contributed by atoms with E-state index in [4.69, 9.17) is 15.3 Å². The molecule has 0 heterocycles. The van der Waals surface area contributed by atoms with Crippen molar-refractivity contribution in [2.24, 2.45) is 45.4 Å². The van der Waals surface area contributed by atoms with Gasteiger partial charge >= 0.3 is 0 Å². The Morgan fingerprint density at radius 3 is 2.71 bits per heavy atom. The minimum absolute atomic E-state index is 0.0710. The van der Waals surface area contributed by atoms with Crippen LogP contribution in [0, 0.1) is 34.5 Å². The third-order valence-electron chi connectivity index (χ3n) is 8.98. The van der Waals surface area contributed by atoms with Crippen molar-refractivity contribution in [3.8, 4) is 0 Å². The van der Waals surface area contributed by atoms with Gasteiger partial charge in [0.2, 0.25) is 0 Å². The summed E-state index contributed by atoms with van der Waals surface area (Å²) in [6.45, 7) is 8.62. The molecule has 0 aliphatic heterocycles. The summed E-state index contributed by atoms with van der Waals surface area (Å²) in [4.78, 5) is 18.1. The molecule has 4 rings (SSSR count). The van der Waals surface area contributed by atoms with E-state index in [0.717, 1.165) is 51.6 Å². The predicted molar refractivity (Wildman–Crippen MR) is 110 cm³/mol. The van der Waals surface area contributed by atoms with Gasteiger partial charge in [0.25, 0.3) is 0 Å². The van der Waals surface area contributed by atoms with Gasteiger partial charge < -0.3 is 15.3 Å². The Kier molecular flexibility index (Phi) is 5.60. The molecule has 0 aromatic rings. The Hall–Kier alpha value is -0.940. The van der Waals surface area contributed by atoms with Crippen molar-refractivity contribution < 1.29 is 14.4 Å². The maximum absolute atomic E-state index is 12.7. The molecule has 4 fully saturated rings. The second kappa shape index (κ2) is 7.71. The molecule has 0 saturated heterocycles. The van der Waals surface area contributed by atoms with E-state index in [9.17, 15) is 4.79 Å². The molecule has 0 spiro atoms. The zero-order valence-corrected chi connectivity index (χ0v) is 17.9. The quantitative estimate of drug-likeness (QED) is 0.570. The molecule has 28 heavy (non-hydrogen) atoms. The molecule has 4 aliphatic rings. The molecule has 5 heteroatoms. The van der Waals surface area contributed by atoms with Crippen LogP contribution in [0.3, 0.4) is 0 Å². The number of carbonyl (C=O) groups is 1. The summed E-state index contributed by atoms with van der Waals surface area (Å²) < 4.78 is 6.35. The number of hydrogen-bond donors (Lipinski definition) is 1. The number of fused-ring (bicyclic) bond motifs is 5. The van der Waals surface area contributed by atoms with Crippen molar-refractivity contribution >= 4 is 11.5 Å². The highest BCUT2D eigenvalue weighted by Gasteiger charge is 2.62.